The Hall–Kier alpha value is -2.67. The third kappa shape index (κ3) is 3.09. The highest BCUT2D eigenvalue weighted by Crippen LogP contribution is 2.18. The van der Waals surface area contributed by atoms with Crippen LogP contribution in [0.15, 0.2) is 46.5 Å². The SMILES string of the molecule is O=C(C=C(O)c1ncn[nH]1)c1ccc(Cc2cccs2)o1. The van der Waals surface area contributed by atoms with Crippen LogP contribution in [0.3, 0.4) is 0 Å². The maximum atomic E-state index is 12.0. The van der Waals surface area contributed by atoms with Crippen molar-refractivity contribution in [1.29, 1.82) is 0 Å². The normalized spacial score (nSPS) is 11.7. The molecule has 0 aromatic carbocycles. The molecule has 21 heavy (non-hydrogen) atoms. The molecule has 7 heteroatoms. The van der Waals surface area contributed by atoms with Crippen LogP contribution in [0.4, 0.5) is 0 Å². The molecule has 0 saturated heterocycles. The van der Waals surface area contributed by atoms with E-state index < -0.39 is 5.78 Å². The van der Waals surface area contributed by atoms with E-state index in [1.165, 1.54) is 6.33 Å². The Balaban J connectivity index is 1.74. The minimum atomic E-state index is -0.429. The first kappa shape index (κ1) is 13.3. The molecule has 3 aromatic rings. The molecule has 0 radical (unpaired) electrons. The second-order valence-corrected chi connectivity index (χ2v) is 5.28. The van der Waals surface area contributed by atoms with E-state index in [1.54, 1.807) is 23.5 Å². The molecular weight excluding hydrogens is 290 g/mol. The number of ketones is 1. The van der Waals surface area contributed by atoms with E-state index >= 15 is 0 Å². The molecule has 0 spiro atoms. The summed E-state index contributed by atoms with van der Waals surface area (Å²) in [6, 6.07) is 7.32. The number of carbonyl (C=O) groups excluding carboxylic acids is 1. The predicted molar refractivity (Wildman–Crippen MR) is 77.2 cm³/mol. The van der Waals surface area contributed by atoms with Gasteiger partial charge in [-0.15, -0.1) is 11.3 Å². The van der Waals surface area contributed by atoms with E-state index in [-0.39, 0.29) is 17.3 Å². The largest absolute Gasteiger partial charge is 0.504 e. The molecule has 3 heterocycles. The van der Waals surface area contributed by atoms with Gasteiger partial charge >= 0.3 is 0 Å². The van der Waals surface area contributed by atoms with E-state index in [2.05, 4.69) is 15.2 Å². The van der Waals surface area contributed by atoms with Crippen molar-refractivity contribution >= 4 is 22.9 Å². The van der Waals surface area contributed by atoms with Gasteiger partial charge < -0.3 is 9.52 Å². The van der Waals surface area contributed by atoms with E-state index in [0.717, 1.165) is 11.0 Å². The number of rotatable bonds is 5. The van der Waals surface area contributed by atoms with Crippen molar-refractivity contribution in [3.05, 3.63) is 64.3 Å². The lowest BCUT2D eigenvalue weighted by Gasteiger charge is -1.95. The van der Waals surface area contributed by atoms with E-state index in [9.17, 15) is 9.90 Å². The Morgan fingerprint density at radius 1 is 1.43 bits per heavy atom. The van der Waals surface area contributed by atoms with E-state index in [1.807, 2.05) is 17.5 Å². The molecule has 0 aliphatic carbocycles. The number of nitrogens with one attached hydrogen (secondary N) is 1. The van der Waals surface area contributed by atoms with Crippen LogP contribution >= 0.6 is 11.3 Å². The molecular formula is C14H11N3O3S. The van der Waals surface area contributed by atoms with Crippen LogP contribution in [0.2, 0.25) is 0 Å². The first-order valence-electron chi connectivity index (χ1n) is 6.14. The Bertz CT molecular complexity index is 757. The lowest BCUT2D eigenvalue weighted by atomic mass is 10.2. The van der Waals surface area contributed by atoms with Crippen LogP contribution in [0.1, 0.15) is 27.0 Å². The zero-order chi connectivity index (χ0) is 14.7. The number of thiophene rings is 1. The quantitative estimate of drug-likeness (QED) is 0.429. The summed E-state index contributed by atoms with van der Waals surface area (Å²) < 4.78 is 5.49. The Morgan fingerprint density at radius 3 is 3.05 bits per heavy atom. The monoisotopic (exact) mass is 301 g/mol. The number of aliphatic hydroxyl groups excluding tert-OH is 1. The summed E-state index contributed by atoms with van der Waals surface area (Å²) in [6.45, 7) is 0. The minimum Gasteiger partial charge on any atom is -0.504 e. The second-order valence-electron chi connectivity index (χ2n) is 4.25. The van der Waals surface area contributed by atoms with Crippen molar-refractivity contribution < 1.29 is 14.3 Å². The number of hydrogen-bond donors (Lipinski definition) is 2. The van der Waals surface area contributed by atoms with Gasteiger partial charge in [-0.3, -0.25) is 9.89 Å². The maximum absolute atomic E-state index is 12.0. The third-order valence-corrected chi connectivity index (χ3v) is 3.63. The Labute approximate surface area is 123 Å². The second kappa shape index (κ2) is 5.76. The number of H-pyrrole nitrogens is 1. The number of nitrogens with zero attached hydrogens (tertiary/aromatic N) is 2. The summed E-state index contributed by atoms with van der Waals surface area (Å²) in [5, 5.41) is 17.8. The zero-order valence-corrected chi connectivity index (χ0v) is 11.6. The summed E-state index contributed by atoms with van der Waals surface area (Å²) in [7, 11) is 0. The van der Waals surface area contributed by atoms with Gasteiger partial charge in [0.25, 0.3) is 0 Å². The van der Waals surface area contributed by atoms with Crippen LogP contribution in [-0.2, 0) is 6.42 Å². The standard InChI is InChI=1S/C14H11N3O3S/c18-11(7-12(19)14-15-8-16-17-14)13-4-3-9(20-13)6-10-2-1-5-21-10/h1-5,7-8,19H,6H2,(H,15,16,17). The summed E-state index contributed by atoms with van der Waals surface area (Å²) >= 11 is 1.63. The number of aromatic nitrogens is 3. The summed E-state index contributed by atoms with van der Waals surface area (Å²) in [4.78, 5) is 16.9. The molecule has 0 unspecified atom stereocenters. The maximum Gasteiger partial charge on any atom is 0.224 e. The van der Waals surface area contributed by atoms with Gasteiger partial charge in [0.2, 0.25) is 5.78 Å². The van der Waals surface area contributed by atoms with Crippen molar-refractivity contribution in [2.24, 2.45) is 0 Å². The molecule has 0 saturated carbocycles. The fourth-order valence-corrected chi connectivity index (χ4v) is 2.50. The Morgan fingerprint density at radius 2 is 2.33 bits per heavy atom. The van der Waals surface area contributed by atoms with E-state index in [4.69, 9.17) is 4.42 Å². The molecule has 0 aliphatic rings. The smallest absolute Gasteiger partial charge is 0.224 e. The number of hydrogen-bond acceptors (Lipinski definition) is 6. The zero-order valence-electron chi connectivity index (χ0n) is 10.8. The van der Waals surface area contributed by atoms with Crippen molar-refractivity contribution in [3.63, 3.8) is 0 Å². The van der Waals surface area contributed by atoms with Crippen molar-refractivity contribution in [2.45, 2.75) is 6.42 Å². The van der Waals surface area contributed by atoms with Gasteiger partial charge in [0.15, 0.2) is 17.3 Å². The van der Waals surface area contributed by atoms with Gasteiger partial charge in [0.1, 0.15) is 12.1 Å². The van der Waals surface area contributed by atoms with Gasteiger partial charge in [-0.05, 0) is 23.6 Å². The highest BCUT2D eigenvalue weighted by atomic mass is 32.1. The first-order chi connectivity index (χ1) is 10.2. The number of carbonyl (C=O) groups is 1. The molecule has 3 aromatic heterocycles. The summed E-state index contributed by atoms with van der Waals surface area (Å²) in [6.07, 6.45) is 2.94. The van der Waals surface area contributed by atoms with Crippen LogP contribution in [-0.4, -0.2) is 26.1 Å². The molecule has 0 bridgehead atoms. The van der Waals surface area contributed by atoms with Crippen molar-refractivity contribution in [3.8, 4) is 0 Å². The summed E-state index contributed by atoms with van der Waals surface area (Å²) in [5.41, 5.74) is 0. The molecule has 106 valence electrons. The highest BCUT2D eigenvalue weighted by Gasteiger charge is 2.12. The lowest BCUT2D eigenvalue weighted by Crippen LogP contribution is -1.96. The van der Waals surface area contributed by atoms with Gasteiger partial charge in [0, 0.05) is 17.4 Å². The van der Waals surface area contributed by atoms with Crippen LogP contribution < -0.4 is 0 Å². The molecule has 0 amide bonds. The topological polar surface area (TPSA) is 92.0 Å². The minimum absolute atomic E-state index is 0.133. The van der Waals surface area contributed by atoms with E-state index in [0.29, 0.717) is 12.2 Å². The average Bonchev–Trinajstić information content (AvgIpc) is 3.22. The van der Waals surface area contributed by atoms with Crippen LogP contribution in [0.5, 0.6) is 0 Å². The molecule has 0 aliphatic heterocycles. The molecule has 6 nitrogen and oxygen atoms in total. The fourth-order valence-electron chi connectivity index (χ4n) is 1.78. The van der Waals surface area contributed by atoms with Gasteiger partial charge in [-0.1, -0.05) is 6.07 Å². The van der Waals surface area contributed by atoms with Crippen molar-refractivity contribution in [2.75, 3.05) is 0 Å². The lowest BCUT2D eigenvalue weighted by molar-refractivity contribution is 0.101. The average molecular weight is 301 g/mol. The first-order valence-corrected chi connectivity index (χ1v) is 7.02. The molecule has 2 N–H and O–H groups in total. The van der Waals surface area contributed by atoms with Gasteiger partial charge in [-0.25, -0.2) is 4.98 Å². The molecule has 3 rings (SSSR count). The van der Waals surface area contributed by atoms with Gasteiger partial charge in [-0.2, -0.15) is 5.10 Å². The number of aliphatic hydroxyl groups is 1. The van der Waals surface area contributed by atoms with Crippen molar-refractivity contribution in [1.82, 2.24) is 15.2 Å². The van der Waals surface area contributed by atoms with Crippen LogP contribution in [0, 0.1) is 0 Å². The Kier molecular flexibility index (Phi) is 3.65. The molecule has 0 atom stereocenters. The number of furan rings is 1. The highest BCUT2D eigenvalue weighted by molar-refractivity contribution is 7.09. The van der Waals surface area contributed by atoms with Gasteiger partial charge in [0.05, 0.1) is 0 Å². The number of allylic oxidation sites excluding steroid dienone is 1. The fraction of sp³-hybridized carbons (Fsp3) is 0.0714. The number of aromatic amines is 1. The molecule has 0 fully saturated rings. The predicted octanol–water partition coefficient (Wildman–Crippen LogP) is 2.83. The third-order valence-electron chi connectivity index (χ3n) is 2.76. The summed E-state index contributed by atoms with van der Waals surface area (Å²) in [5.74, 6) is 0.296. The van der Waals surface area contributed by atoms with Crippen LogP contribution in [0.25, 0.3) is 5.76 Å².